The second-order valence-corrected chi connectivity index (χ2v) is 7.40. The number of thiazole rings is 1. The molecule has 25 heavy (non-hydrogen) atoms. The van der Waals surface area contributed by atoms with Crippen LogP contribution < -0.4 is 10.6 Å². The highest BCUT2D eigenvalue weighted by Crippen LogP contribution is 2.36. The smallest absolute Gasteiger partial charge is 0.307 e. The molecule has 0 aliphatic carbocycles. The van der Waals surface area contributed by atoms with Gasteiger partial charge in [0.2, 0.25) is 5.91 Å². The molecule has 0 bridgehead atoms. The summed E-state index contributed by atoms with van der Waals surface area (Å²) in [5, 5.41) is 6.99. The minimum absolute atomic E-state index is 0.103. The molecule has 1 aromatic heterocycles. The third-order valence-corrected chi connectivity index (χ3v) is 5.44. The molecule has 1 atom stereocenters. The fraction of sp³-hybridized carbons (Fsp3) is 0.250. The normalized spacial score (nSPS) is 15.9. The number of nitrogens with zero attached hydrogens (tertiary/aromatic N) is 1. The summed E-state index contributed by atoms with van der Waals surface area (Å²) in [5.41, 5.74) is 1.54. The number of carbonyl (C=O) groups excluding carboxylic acids is 3. The Kier molecular flexibility index (Phi) is 5.34. The van der Waals surface area contributed by atoms with Crippen LogP contribution in [0.25, 0.3) is 0 Å². The number of carbonyl (C=O) groups is 3. The van der Waals surface area contributed by atoms with Gasteiger partial charge in [0.15, 0.2) is 11.7 Å². The summed E-state index contributed by atoms with van der Waals surface area (Å²) in [4.78, 5) is 40.7. The number of ether oxygens (including phenoxy) is 1. The van der Waals surface area contributed by atoms with Crippen LogP contribution in [0, 0.1) is 6.92 Å². The van der Waals surface area contributed by atoms with Crippen LogP contribution in [0.1, 0.15) is 12.1 Å². The summed E-state index contributed by atoms with van der Waals surface area (Å²) in [5.74, 6) is -1.31. The summed E-state index contributed by atoms with van der Waals surface area (Å²) < 4.78 is 4.95. The first-order chi connectivity index (χ1) is 12.0. The van der Waals surface area contributed by atoms with Gasteiger partial charge in [0.25, 0.3) is 5.91 Å². The third-order valence-electron chi connectivity index (χ3n) is 3.29. The van der Waals surface area contributed by atoms with Crippen molar-refractivity contribution in [1.29, 1.82) is 0 Å². The van der Waals surface area contributed by atoms with Crippen molar-refractivity contribution < 1.29 is 19.1 Å². The number of thioether (sulfide) groups is 1. The maximum atomic E-state index is 12.0. The van der Waals surface area contributed by atoms with Gasteiger partial charge in [0, 0.05) is 10.3 Å². The zero-order chi connectivity index (χ0) is 17.8. The van der Waals surface area contributed by atoms with Gasteiger partial charge in [-0.1, -0.05) is 12.1 Å². The highest BCUT2D eigenvalue weighted by atomic mass is 32.2. The SMILES string of the molecule is Cc1csc(NC(=O)COC(=O)C[C@H]2Sc3ccccc3NC2=O)n1. The Bertz CT molecular complexity index is 821. The quantitative estimate of drug-likeness (QED) is 0.777. The number of nitrogens with one attached hydrogen (secondary N) is 2. The van der Waals surface area contributed by atoms with E-state index >= 15 is 0 Å². The molecule has 0 radical (unpaired) electrons. The number of rotatable bonds is 5. The predicted octanol–water partition coefficient (Wildman–Crippen LogP) is 2.44. The fourth-order valence-electron chi connectivity index (χ4n) is 2.15. The third kappa shape index (κ3) is 4.58. The van der Waals surface area contributed by atoms with Crippen LogP contribution in [0.5, 0.6) is 0 Å². The van der Waals surface area contributed by atoms with Crippen molar-refractivity contribution in [2.24, 2.45) is 0 Å². The van der Waals surface area contributed by atoms with E-state index in [0.717, 1.165) is 16.3 Å². The summed E-state index contributed by atoms with van der Waals surface area (Å²) >= 11 is 2.61. The van der Waals surface area contributed by atoms with Crippen molar-refractivity contribution in [2.45, 2.75) is 23.5 Å². The van der Waals surface area contributed by atoms with Gasteiger partial charge < -0.3 is 10.1 Å². The Hall–Kier alpha value is -2.39. The van der Waals surface area contributed by atoms with Crippen LogP contribution in [-0.2, 0) is 19.1 Å². The first-order valence-corrected chi connectivity index (χ1v) is 9.21. The zero-order valence-corrected chi connectivity index (χ0v) is 14.9. The summed E-state index contributed by atoms with van der Waals surface area (Å²) in [6.07, 6.45) is -0.103. The van der Waals surface area contributed by atoms with E-state index in [1.54, 1.807) is 11.4 Å². The molecule has 2 heterocycles. The largest absolute Gasteiger partial charge is 0.456 e. The van der Waals surface area contributed by atoms with Gasteiger partial charge in [-0.25, -0.2) is 4.98 Å². The number of hydrogen-bond acceptors (Lipinski definition) is 7. The Labute approximate surface area is 152 Å². The van der Waals surface area contributed by atoms with Crippen molar-refractivity contribution in [2.75, 3.05) is 17.2 Å². The first kappa shape index (κ1) is 17.4. The van der Waals surface area contributed by atoms with Gasteiger partial charge in [-0.2, -0.15) is 0 Å². The number of fused-ring (bicyclic) bond motifs is 1. The lowest BCUT2D eigenvalue weighted by atomic mass is 10.2. The van der Waals surface area contributed by atoms with Gasteiger partial charge in [0.05, 0.1) is 23.1 Å². The van der Waals surface area contributed by atoms with Crippen molar-refractivity contribution >= 4 is 51.7 Å². The van der Waals surface area contributed by atoms with E-state index in [4.69, 9.17) is 4.74 Å². The first-order valence-electron chi connectivity index (χ1n) is 7.45. The molecule has 0 saturated heterocycles. The fourth-order valence-corrected chi connectivity index (χ4v) is 3.95. The van der Waals surface area contributed by atoms with Crippen molar-refractivity contribution in [3.8, 4) is 0 Å². The van der Waals surface area contributed by atoms with Crippen molar-refractivity contribution in [3.63, 3.8) is 0 Å². The van der Waals surface area contributed by atoms with Gasteiger partial charge in [-0.15, -0.1) is 23.1 Å². The van der Waals surface area contributed by atoms with Crippen LogP contribution >= 0.6 is 23.1 Å². The highest BCUT2D eigenvalue weighted by Gasteiger charge is 2.29. The molecule has 1 aliphatic rings. The topological polar surface area (TPSA) is 97.4 Å². The lowest BCUT2D eigenvalue weighted by Crippen LogP contribution is -2.32. The van der Waals surface area contributed by atoms with E-state index in [1.807, 2.05) is 25.1 Å². The molecule has 7 nitrogen and oxygen atoms in total. The lowest BCUT2D eigenvalue weighted by Gasteiger charge is -2.23. The van der Waals surface area contributed by atoms with Crippen LogP contribution in [0.2, 0.25) is 0 Å². The molecule has 1 aliphatic heterocycles. The summed E-state index contributed by atoms with van der Waals surface area (Å²) in [7, 11) is 0. The maximum Gasteiger partial charge on any atom is 0.307 e. The van der Waals surface area contributed by atoms with E-state index in [2.05, 4.69) is 15.6 Å². The highest BCUT2D eigenvalue weighted by molar-refractivity contribution is 8.01. The Morgan fingerprint density at radius 3 is 2.92 bits per heavy atom. The number of aryl methyl sites for hydroxylation is 1. The molecule has 0 fully saturated rings. The minimum Gasteiger partial charge on any atom is -0.456 e. The number of esters is 1. The van der Waals surface area contributed by atoms with E-state index in [0.29, 0.717) is 5.13 Å². The lowest BCUT2D eigenvalue weighted by molar-refractivity contribution is -0.147. The molecular formula is C16H15N3O4S2. The number of para-hydroxylation sites is 1. The molecule has 0 saturated carbocycles. The number of amides is 2. The maximum absolute atomic E-state index is 12.0. The van der Waals surface area contributed by atoms with Gasteiger partial charge in [-0.3, -0.25) is 19.7 Å². The number of hydrogen-bond donors (Lipinski definition) is 2. The molecule has 2 N–H and O–H groups in total. The number of anilines is 2. The van der Waals surface area contributed by atoms with Crippen molar-refractivity contribution in [3.05, 3.63) is 35.3 Å². The van der Waals surface area contributed by atoms with Crippen LogP contribution in [0.3, 0.4) is 0 Å². The molecule has 0 unspecified atom stereocenters. The zero-order valence-electron chi connectivity index (χ0n) is 13.3. The van der Waals surface area contributed by atoms with Crippen LogP contribution in [-0.4, -0.2) is 34.6 Å². The standard InChI is InChI=1S/C16H15N3O4S2/c1-9-8-24-16(17-9)19-13(20)7-23-14(21)6-12-15(22)18-10-4-2-3-5-11(10)25-12/h2-5,8,12H,6-7H2,1H3,(H,18,22)(H,17,19,20)/t12-/m1/s1. The monoisotopic (exact) mass is 377 g/mol. The average molecular weight is 377 g/mol. The van der Waals surface area contributed by atoms with Crippen LogP contribution in [0.4, 0.5) is 10.8 Å². The Morgan fingerprint density at radius 2 is 2.16 bits per heavy atom. The average Bonchev–Trinajstić information content (AvgIpc) is 2.98. The molecule has 2 aromatic rings. The Balaban J connectivity index is 1.48. The Morgan fingerprint density at radius 1 is 1.36 bits per heavy atom. The molecular weight excluding hydrogens is 362 g/mol. The van der Waals surface area contributed by atoms with E-state index in [-0.39, 0.29) is 12.3 Å². The van der Waals surface area contributed by atoms with E-state index < -0.39 is 23.7 Å². The van der Waals surface area contributed by atoms with Crippen LogP contribution in [0.15, 0.2) is 34.5 Å². The number of aromatic nitrogens is 1. The van der Waals surface area contributed by atoms with Crippen molar-refractivity contribution in [1.82, 2.24) is 4.98 Å². The predicted molar refractivity (Wildman–Crippen MR) is 95.8 cm³/mol. The molecule has 1 aromatic carbocycles. The van der Waals surface area contributed by atoms with Gasteiger partial charge in [-0.05, 0) is 19.1 Å². The second kappa shape index (κ2) is 7.66. The summed E-state index contributed by atoms with van der Waals surface area (Å²) in [6, 6.07) is 7.38. The second-order valence-electron chi connectivity index (χ2n) is 5.30. The van der Waals surface area contributed by atoms with E-state index in [1.165, 1.54) is 23.1 Å². The molecule has 9 heteroatoms. The minimum atomic E-state index is -0.600. The van der Waals surface area contributed by atoms with E-state index in [9.17, 15) is 14.4 Å². The molecule has 3 rings (SSSR count). The molecule has 130 valence electrons. The molecule has 2 amide bonds. The molecule has 0 spiro atoms. The van der Waals surface area contributed by atoms with Gasteiger partial charge >= 0.3 is 5.97 Å². The summed E-state index contributed by atoms with van der Waals surface area (Å²) in [6.45, 7) is 1.41. The number of benzene rings is 1. The van der Waals surface area contributed by atoms with Gasteiger partial charge in [0.1, 0.15) is 0 Å².